The van der Waals surface area contributed by atoms with E-state index in [4.69, 9.17) is 17.0 Å². The quantitative estimate of drug-likeness (QED) is 0.435. The fourth-order valence-electron chi connectivity index (χ4n) is 2.81. The Balaban J connectivity index is 1.55. The molecule has 0 heterocycles. The van der Waals surface area contributed by atoms with Gasteiger partial charge in [0.25, 0.3) is 5.91 Å². The summed E-state index contributed by atoms with van der Waals surface area (Å²) in [5, 5.41) is 5.70. The lowest BCUT2D eigenvalue weighted by atomic mass is 10.0. The Morgan fingerprint density at radius 1 is 0.867 bits per heavy atom. The summed E-state index contributed by atoms with van der Waals surface area (Å²) in [7, 11) is 0. The Bertz CT molecular complexity index is 935. The Morgan fingerprint density at radius 3 is 1.93 bits per heavy atom. The largest absolute Gasteiger partial charge is 0.367 e. The molecule has 0 saturated heterocycles. The number of amides is 1. The molecule has 4 nitrogen and oxygen atoms in total. The summed E-state index contributed by atoms with van der Waals surface area (Å²) < 4.78 is 32.5. The summed E-state index contributed by atoms with van der Waals surface area (Å²) in [6.45, 7) is 0.591. The number of hydrogen-bond acceptors (Lipinski definition) is 3. The molecule has 0 aliphatic carbocycles. The first-order valence-electron chi connectivity index (χ1n) is 9.29. The van der Waals surface area contributed by atoms with Gasteiger partial charge in [-0.3, -0.25) is 10.1 Å². The number of ether oxygens (including phenoxy) is 1. The number of halogens is 2. The lowest BCUT2D eigenvalue weighted by molar-refractivity contribution is 0.0840. The first-order valence-corrected chi connectivity index (χ1v) is 9.70. The van der Waals surface area contributed by atoms with Crippen LogP contribution in [-0.2, 0) is 4.74 Å². The molecule has 30 heavy (non-hydrogen) atoms. The van der Waals surface area contributed by atoms with Gasteiger partial charge in [-0.15, -0.1) is 0 Å². The van der Waals surface area contributed by atoms with Crippen molar-refractivity contribution in [3.05, 3.63) is 107 Å². The summed E-state index contributed by atoms with van der Waals surface area (Å²) in [5.74, 6) is -1.000. The number of benzene rings is 3. The van der Waals surface area contributed by atoms with Crippen LogP contribution in [0.3, 0.4) is 0 Å². The molecule has 0 unspecified atom stereocenters. The van der Waals surface area contributed by atoms with E-state index in [-0.39, 0.29) is 29.3 Å². The zero-order valence-corrected chi connectivity index (χ0v) is 16.8. The van der Waals surface area contributed by atoms with E-state index in [9.17, 15) is 13.6 Å². The third kappa shape index (κ3) is 6.17. The maximum absolute atomic E-state index is 13.3. The van der Waals surface area contributed by atoms with Crippen molar-refractivity contribution in [2.75, 3.05) is 13.2 Å². The number of nitrogens with one attached hydrogen (secondary N) is 2. The van der Waals surface area contributed by atoms with Crippen LogP contribution < -0.4 is 10.6 Å². The monoisotopic (exact) mass is 426 g/mol. The van der Waals surface area contributed by atoms with Crippen LogP contribution in [-0.4, -0.2) is 24.2 Å². The van der Waals surface area contributed by atoms with Crippen LogP contribution in [0.5, 0.6) is 0 Å². The van der Waals surface area contributed by atoms with E-state index in [1.54, 1.807) is 48.5 Å². The predicted molar refractivity (Wildman–Crippen MR) is 115 cm³/mol. The van der Waals surface area contributed by atoms with Crippen molar-refractivity contribution in [3.8, 4) is 0 Å². The van der Waals surface area contributed by atoms with Crippen LogP contribution in [0, 0.1) is 11.6 Å². The average Bonchev–Trinajstić information content (AvgIpc) is 2.76. The van der Waals surface area contributed by atoms with E-state index in [2.05, 4.69) is 10.6 Å². The minimum absolute atomic E-state index is 0.188. The minimum atomic E-state index is -0.500. The van der Waals surface area contributed by atoms with Gasteiger partial charge in [-0.2, -0.15) is 0 Å². The standard InChI is InChI=1S/C23H20F2N2O2S/c24-19-10-6-16(7-11-19)21(17-8-12-20(25)13-9-17)29-15-14-26-23(30)27-22(28)18-4-2-1-3-5-18/h1-13,21H,14-15H2,(H2,26,27,28,30). The molecule has 0 aliphatic rings. The highest BCUT2D eigenvalue weighted by molar-refractivity contribution is 7.80. The molecular weight excluding hydrogens is 406 g/mol. The number of carbonyl (C=O) groups excluding carboxylic acids is 1. The van der Waals surface area contributed by atoms with Gasteiger partial charge in [0.1, 0.15) is 17.7 Å². The molecule has 0 spiro atoms. The van der Waals surface area contributed by atoms with Gasteiger partial charge in [-0.1, -0.05) is 42.5 Å². The van der Waals surface area contributed by atoms with Gasteiger partial charge in [-0.25, -0.2) is 8.78 Å². The summed E-state index contributed by atoms with van der Waals surface area (Å²) in [4.78, 5) is 12.1. The number of carbonyl (C=O) groups is 1. The molecule has 154 valence electrons. The second-order valence-corrected chi connectivity index (χ2v) is 6.84. The van der Waals surface area contributed by atoms with Gasteiger partial charge < -0.3 is 10.1 Å². The van der Waals surface area contributed by atoms with Crippen molar-refractivity contribution in [1.82, 2.24) is 10.6 Å². The summed E-state index contributed by atoms with van der Waals surface area (Å²) in [6, 6.07) is 20.6. The Kier molecular flexibility index (Phi) is 7.59. The van der Waals surface area contributed by atoms with Crippen molar-refractivity contribution in [3.63, 3.8) is 0 Å². The van der Waals surface area contributed by atoms with Crippen molar-refractivity contribution in [2.24, 2.45) is 0 Å². The van der Waals surface area contributed by atoms with E-state index in [1.165, 1.54) is 24.3 Å². The highest BCUT2D eigenvalue weighted by Gasteiger charge is 2.15. The predicted octanol–water partition coefficient (Wildman–Crippen LogP) is 4.38. The van der Waals surface area contributed by atoms with Gasteiger partial charge in [0.2, 0.25) is 0 Å². The Hall–Kier alpha value is -3.16. The van der Waals surface area contributed by atoms with E-state index < -0.39 is 6.10 Å². The molecule has 0 aliphatic heterocycles. The smallest absolute Gasteiger partial charge is 0.257 e. The van der Waals surface area contributed by atoms with Crippen LogP contribution in [0.1, 0.15) is 27.6 Å². The topological polar surface area (TPSA) is 50.4 Å². The zero-order valence-electron chi connectivity index (χ0n) is 16.0. The van der Waals surface area contributed by atoms with Crippen molar-refractivity contribution in [1.29, 1.82) is 0 Å². The fraction of sp³-hybridized carbons (Fsp3) is 0.130. The van der Waals surface area contributed by atoms with Crippen molar-refractivity contribution < 1.29 is 18.3 Å². The van der Waals surface area contributed by atoms with Gasteiger partial charge in [0.15, 0.2) is 5.11 Å². The van der Waals surface area contributed by atoms with Crippen LogP contribution in [0.15, 0.2) is 78.9 Å². The summed E-state index contributed by atoms with van der Waals surface area (Å²) in [6.07, 6.45) is -0.500. The zero-order chi connectivity index (χ0) is 21.3. The number of rotatable bonds is 7. The van der Waals surface area contributed by atoms with Crippen LogP contribution in [0.2, 0.25) is 0 Å². The molecular formula is C23H20F2N2O2S. The normalized spacial score (nSPS) is 10.6. The molecule has 3 aromatic rings. The summed E-state index contributed by atoms with van der Waals surface area (Å²) >= 11 is 5.14. The Morgan fingerprint density at radius 2 is 1.40 bits per heavy atom. The average molecular weight is 426 g/mol. The molecule has 3 aromatic carbocycles. The van der Waals surface area contributed by atoms with Crippen molar-refractivity contribution >= 4 is 23.2 Å². The maximum atomic E-state index is 13.3. The molecule has 0 fully saturated rings. The van der Waals surface area contributed by atoms with Gasteiger partial charge in [-0.05, 0) is 59.7 Å². The SMILES string of the molecule is O=C(NC(=S)NCCOC(c1ccc(F)cc1)c1ccc(F)cc1)c1ccccc1. The molecule has 0 saturated carbocycles. The first-order chi connectivity index (χ1) is 14.5. The van der Waals surface area contributed by atoms with E-state index in [1.807, 2.05) is 6.07 Å². The van der Waals surface area contributed by atoms with Gasteiger partial charge >= 0.3 is 0 Å². The van der Waals surface area contributed by atoms with Gasteiger partial charge in [0, 0.05) is 12.1 Å². The van der Waals surface area contributed by atoms with E-state index >= 15 is 0 Å². The van der Waals surface area contributed by atoms with Crippen LogP contribution >= 0.6 is 12.2 Å². The second-order valence-electron chi connectivity index (χ2n) is 6.43. The van der Waals surface area contributed by atoms with Crippen LogP contribution in [0.25, 0.3) is 0 Å². The number of thiocarbonyl (C=S) groups is 1. The molecule has 0 radical (unpaired) electrons. The van der Waals surface area contributed by atoms with E-state index in [0.29, 0.717) is 12.1 Å². The lowest BCUT2D eigenvalue weighted by Gasteiger charge is -2.19. The number of hydrogen-bond donors (Lipinski definition) is 2. The molecule has 2 N–H and O–H groups in total. The highest BCUT2D eigenvalue weighted by atomic mass is 32.1. The summed E-state index contributed by atoms with van der Waals surface area (Å²) in [5.41, 5.74) is 1.98. The molecule has 0 atom stereocenters. The Labute approximate surface area is 178 Å². The highest BCUT2D eigenvalue weighted by Crippen LogP contribution is 2.26. The lowest BCUT2D eigenvalue weighted by Crippen LogP contribution is -2.40. The van der Waals surface area contributed by atoms with Gasteiger partial charge in [0.05, 0.1) is 6.61 Å². The fourth-order valence-corrected chi connectivity index (χ4v) is 3.01. The third-order valence-corrected chi connectivity index (χ3v) is 4.53. The molecule has 1 amide bonds. The van der Waals surface area contributed by atoms with Crippen LogP contribution in [0.4, 0.5) is 8.78 Å². The molecule has 3 rings (SSSR count). The van der Waals surface area contributed by atoms with E-state index in [0.717, 1.165) is 11.1 Å². The second kappa shape index (κ2) is 10.6. The molecule has 7 heteroatoms. The molecule has 0 bridgehead atoms. The minimum Gasteiger partial charge on any atom is -0.367 e. The maximum Gasteiger partial charge on any atom is 0.257 e. The van der Waals surface area contributed by atoms with Crippen molar-refractivity contribution in [2.45, 2.75) is 6.10 Å². The molecule has 0 aromatic heterocycles. The third-order valence-electron chi connectivity index (χ3n) is 4.28. The first kappa shape index (κ1) is 21.5.